The first kappa shape index (κ1) is 11.8. The third-order valence-corrected chi connectivity index (χ3v) is 2.41. The lowest BCUT2D eigenvalue weighted by Gasteiger charge is -2.17. The first-order valence-corrected chi connectivity index (χ1v) is 5.62. The summed E-state index contributed by atoms with van der Waals surface area (Å²) in [6, 6.07) is 8.29. The largest absolute Gasteiger partial charge is 0.372 e. The highest BCUT2D eigenvalue weighted by Crippen LogP contribution is 2.29. The molecule has 0 fully saturated rings. The molecule has 0 atom stereocenters. The highest BCUT2D eigenvalue weighted by molar-refractivity contribution is 5.88. The van der Waals surface area contributed by atoms with Crippen molar-refractivity contribution in [1.82, 2.24) is 0 Å². The third kappa shape index (κ3) is 2.82. The highest BCUT2D eigenvalue weighted by Gasteiger charge is 2.10. The second kappa shape index (κ2) is 5.54. The number of hydrogen-bond acceptors (Lipinski definition) is 2. The van der Waals surface area contributed by atoms with Crippen LogP contribution in [0.4, 0.5) is 11.4 Å². The Hall–Kier alpha value is -1.31. The summed E-state index contributed by atoms with van der Waals surface area (Å²) in [6.07, 6.45) is 1.06. The summed E-state index contributed by atoms with van der Waals surface area (Å²) >= 11 is 0. The molecule has 0 saturated carbocycles. The van der Waals surface area contributed by atoms with Gasteiger partial charge in [0.25, 0.3) is 0 Å². The van der Waals surface area contributed by atoms with Crippen LogP contribution in [0.1, 0.15) is 27.2 Å². The second-order valence-corrected chi connectivity index (χ2v) is 3.51. The number of nitrogens with zero attached hydrogens (tertiary/aromatic N) is 2. The van der Waals surface area contributed by atoms with Crippen LogP contribution in [0.2, 0.25) is 0 Å². The molecule has 0 unspecified atom stereocenters. The van der Waals surface area contributed by atoms with Crippen LogP contribution in [-0.2, 0) is 0 Å². The molecule has 0 bridgehead atoms. The van der Waals surface area contributed by atoms with Gasteiger partial charge < -0.3 is 4.90 Å². The average Bonchev–Trinajstić information content (AvgIpc) is 2.42. The van der Waals surface area contributed by atoms with Crippen molar-refractivity contribution in [3.05, 3.63) is 24.3 Å². The summed E-state index contributed by atoms with van der Waals surface area (Å²) in [6.45, 7) is 7.16. The number of benzene rings is 1. The van der Waals surface area contributed by atoms with Gasteiger partial charge in [0.05, 0.1) is 11.4 Å². The van der Waals surface area contributed by atoms with Crippen molar-refractivity contribution >= 4 is 17.1 Å². The molecule has 0 aromatic heterocycles. The van der Waals surface area contributed by atoms with Gasteiger partial charge >= 0.3 is 0 Å². The zero-order chi connectivity index (χ0) is 11.3. The molecule has 1 aliphatic heterocycles. The summed E-state index contributed by atoms with van der Waals surface area (Å²) < 4.78 is 0. The smallest absolute Gasteiger partial charge is 0.0862 e. The zero-order valence-corrected chi connectivity index (χ0v) is 10.1. The second-order valence-electron chi connectivity index (χ2n) is 3.51. The fraction of sp³-hybridized carbons (Fsp3) is 0.462. The van der Waals surface area contributed by atoms with Gasteiger partial charge in [-0.2, -0.15) is 0 Å². The van der Waals surface area contributed by atoms with Crippen molar-refractivity contribution < 1.29 is 0 Å². The van der Waals surface area contributed by atoms with Crippen LogP contribution in [0.15, 0.2) is 29.3 Å². The van der Waals surface area contributed by atoms with Crippen LogP contribution in [0.5, 0.6) is 0 Å². The Labute approximate surface area is 92.6 Å². The Morgan fingerprint density at radius 2 is 1.87 bits per heavy atom. The molecule has 2 heteroatoms. The van der Waals surface area contributed by atoms with Crippen molar-refractivity contribution in [3.63, 3.8) is 0 Å². The Kier molecular flexibility index (Phi) is 4.35. The van der Waals surface area contributed by atoms with Gasteiger partial charge in [0.2, 0.25) is 0 Å². The van der Waals surface area contributed by atoms with E-state index in [2.05, 4.69) is 42.1 Å². The Bertz CT molecular complexity index is 342. The van der Waals surface area contributed by atoms with E-state index in [1.54, 1.807) is 0 Å². The van der Waals surface area contributed by atoms with Crippen molar-refractivity contribution in [3.8, 4) is 0 Å². The first-order chi connectivity index (χ1) is 7.27. The van der Waals surface area contributed by atoms with Gasteiger partial charge in [0, 0.05) is 25.7 Å². The number of rotatable bonds is 0. The molecule has 1 aromatic rings. The summed E-state index contributed by atoms with van der Waals surface area (Å²) in [5.74, 6) is 0. The van der Waals surface area contributed by atoms with Gasteiger partial charge in [-0.05, 0) is 19.1 Å². The van der Waals surface area contributed by atoms with E-state index in [1.165, 1.54) is 11.4 Å². The molecular formula is C13H20N2. The van der Waals surface area contributed by atoms with Crippen molar-refractivity contribution in [2.45, 2.75) is 27.2 Å². The maximum absolute atomic E-state index is 4.56. The molecule has 2 rings (SSSR count). The van der Waals surface area contributed by atoms with E-state index in [0.717, 1.165) is 18.7 Å². The Balaban J connectivity index is 0.000000531. The van der Waals surface area contributed by atoms with E-state index in [9.17, 15) is 0 Å². The predicted octanol–water partition coefficient (Wildman–Crippen LogP) is 3.65. The third-order valence-electron chi connectivity index (χ3n) is 2.41. The van der Waals surface area contributed by atoms with E-state index in [1.807, 2.05) is 19.9 Å². The maximum Gasteiger partial charge on any atom is 0.0862 e. The molecule has 0 radical (unpaired) electrons. The molecule has 0 N–H and O–H groups in total. The molecule has 0 aliphatic carbocycles. The lowest BCUT2D eigenvalue weighted by molar-refractivity contribution is 0.928. The molecule has 82 valence electrons. The topological polar surface area (TPSA) is 15.6 Å². The fourth-order valence-corrected chi connectivity index (χ4v) is 1.59. The summed E-state index contributed by atoms with van der Waals surface area (Å²) in [4.78, 5) is 6.82. The van der Waals surface area contributed by atoms with Gasteiger partial charge in [-0.25, -0.2) is 0 Å². The van der Waals surface area contributed by atoms with Gasteiger partial charge in [-0.3, -0.25) is 4.99 Å². The predicted molar refractivity (Wildman–Crippen MR) is 68.4 cm³/mol. The van der Waals surface area contributed by atoms with E-state index in [-0.39, 0.29) is 0 Å². The first-order valence-electron chi connectivity index (χ1n) is 5.62. The van der Waals surface area contributed by atoms with E-state index in [4.69, 9.17) is 0 Å². The quantitative estimate of drug-likeness (QED) is 0.630. The number of fused-ring (bicyclic) bond motifs is 1. The zero-order valence-electron chi connectivity index (χ0n) is 10.1. The van der Waals surface area contributed by atoms with E-state index in [0.29, 0.717) is 0 Å². The summed E-state index contributed by atoms with van der Waals surface area (Å²) in [5.41, 5.74) is 3.55. The van der Waals surface area contributed by atoms with Crippen molar-refractivity contribution in [2.24, 2.45) is 4.99 Å². The van der Waals surface area contributed by atoms with E-state index >= 15 is 0 Å². The van der Waals surface area contributed by atoms with Crippen LogP contribution in [-0.4, -0.2) is 19.3 Å². The molecular weight excluding hydrogens is 184 g/mol. The normalized spacial score (nSPS) is 14.4. The van der Waals surface area contributed by atoms with Crippen LogP contribution in [0.3, 0.4) is 0 Å². The van der Waals surface area contributed by atoms with Crippen LogP contribution >= 0.6 is 0 Å². The lowest BCUT2D eigenvalue weighted by Crippen LogP contribution is -2.18. The minimum Gasteiger partial charge on any atom is -0.372 e. The van der Waals surface area contributed by atoms with Gasteiger partial charge in [0.15, 0.2) is 0 Å². The monoisotopic (exact) mass is 204 g/mol. The number of hydrogen-bond donors (Lipinski definition) is 0. The van der Waals surface area contributed by atoms with Gasteiger partial charge in [0.1, 0.15) is 0 Å². The Morgan fingerprint density at radius 1 is 1.20 bits per heavy atom. The number of para-hydroxylation sites is 2. The van der Waals surface area contributed by atoms with Crippen LogP contribution in [0, 0.1) is 0 Å². The summed E-state index contributed by atoms with van der Waals surface area (Å²) in [7, 11) is 2.12. The minimum atomic E-state index is 1.06. The number of aliphatic imine (C=N–C) groups is 1. The molecule has 0 spiro atoms. The molecule has 0 saturated heterocycles. The molecule has 0 amide bonds. The standard InChI is InChI=1S/C11H14N2.C2H6/c1-9-7-8-13(2)11-6-4-3-5-10(11)12-9;1-2/h3-6H,7-8H2,1-2H3;1-2H3. The van der Waals surface area contributed by atoms with Gasteiger partial charge in [-0.15, -0.1) is 0 Å². The molecule has 1 heterocycles. The minimum absolute atomic E-state index is 1.06. The SMILES string of the molecule is CC.CC1=Nc2ccccc2N(C)CC1. The lowest BCUT2D eigenvalue weighted by atomic mass is 10.2. The molecule has 1 aromatic carbocycles. The molecule has 2 nitrogen and oxygen atoms in total. The van der Waals surface area contributed by atoms with Crippen molar-refractivity contribution in [2.75, 3.05) is 18.5 Å². The van der Waals surface area contributed by atoms with Crippen LogP contribution in [0.25, 0.3) is 0 Å². The fourth-order valence-electron chi connectivity index (χ4n) is 1.59. The summed E-state index contributed by atoms with van der Waals surface area (Å²) in [5, 5.41) is 0. The molecule has 15 heavy (non-hydrogen) atoms. The Morgan fingerprint density at radius 3 is 2.60 bits per heavy atom. The van der Waals surface area contributed by atoms with Gasteiger partial charge in [-0.1, -0.05) is 26.0 Å². The average molecular weight is 204 g/mol. The highest BCUT2D eigenvalue weighted by atomic mass is 15.1. The van der Waals surface area contributed by atoms with Crippen LogP contribution < -0.4 is 4.90 Å². The molecule has 1 aliphatic rings. The van der Waals surface area contributed by atoms with Crippen molar-refractivity contribution in [1.29, 1.82) is 0 Å². The maximum atomic E-state index is 4.56. The number of anilines is 1. The van der Waals surface area contributed by atoms with E-state index < -0.39 is 0 Å².